The molecule has 0 aliphatic heterocycles. The predicted molar refractivity (Wildman–Crippen MR) is 101 cm³/mol. The zero-order valence-corrected chi connectivity index (χ0v) is 14.0. The van der Waals surface area contributed by atoms with E-state index in [1.807, 2.05) is 36.4 Å². The Bertz CT molecular complexity index is 995. The average Bonchev–Trinajstić information content (AvgIpc) is 2.69. The molecule has 3 aromatic carbocycles. The van der Waals surface area contributed by atoms with Gasteiger partial charge in [0.15, 0.2) is 0 Å². The third kappa shape index (κ3) is 3.09. The van der Waals surface area contributed by atoms with Crippen LogP contribution in [-0.2, 0) is 6.42 Å². The largest absolute Gasteiger partial charge is 0.497 e. The maximum Gasteiger partial charge on any atom is 0.118 e. The molecule has 0 N–H and O–H groups in total. The number of hydrogen-bond acceptors (Lipinski definition) is 3. The molecular formula is C22H18N2O. The summed E-state index contributed by atoms with van der Waals surface area (Å²) in [7, 11) is 1.67. The van der Waals surface area contributed by atoms with Crippen LogP contribution in [0.1, 0.15) is 11.3 Å². The van der Waals surface area contributed by atoms with Crippen molar-refractivity contribution in [2.45, 2.75) is 6.42 Å². The molecule has 0 bridgehead atoms. The molecule has 0 aliphatic carbocycles. The molecule has 0 aliphatic rings. The topological polar surface area (TPSA) is 35.0 Å². The van der Waals surface area contributed by atoms with E-state index in [0.717, 1.165) is 39.9 Å². The second-order valence-corrected chi connectivity index (χ2v) is 5.93. The highest BCUT2D eigenvalue weighted by molar-refractivity contribution is 5.95. The number of aromatic nitrogens is 2. The van der Waals surface area contributed by atoms with Gasteiger partial charge in [-0.05, 0) is 29.8 Å². The summed E-state index contributed by atoms with van der Waals surface area (Å²) in [6.07, 6.45) is 0.775. The standard InChI is InChI=1S/C22H18N2O/c1-25-18-13-11-17(12-14-18)22-20-10-6-5-9-19(20)21(23-24-22)15-16-7-3-2-4-8-16/h2-14H,15H2,1H3. The van der Waals surface area contributed by atoms with E-state index in [9.17, 15) is 0 Å². The molecule has 0 fully saturated rings. The van der Waals surface area contributed by atoms with Crippen LogP contribution >= 0.6 is 0 Å². The van der Waals surface area contributed by atoms with E-state index >= 15 is 0 Å². The van der Waals surface area contributed by atoms with Gasteiger partial charge in [0.1, 0.15) is 11.4 Å². The summed E-state index contributed by atoms with van der Waals surface area (Å²) in [5.74, 6) is 0.835. The van der Waals surface area contributed by atoms with E-state index in [1.54, 1.807) is 7.11 Å². The molecule has 1 aromatic heterocycles. The molecule has 4 aromatic rings. The van der Waals surface area contributed by atoms with E-state index < -0.39 is 0 Å². The van der Waals surface area contributed by atoms with Crippen molar-refractivity contribution in [1.82, 2.24) is 10.2 Å². The number of methoxy groups -OCH3 is 1. The maximum absolute atomic E-state index is 5.24. The normalized spacial score (nSPS) is 10.8. The lowest BCUT2D eigenvalue weighted by molar-refractivity contribution is 0.415. The highest BCUT2D eigenvalue weighted by Gasteiger charge is 2.11. The van der Waals surface area contributed by atoms with Crippen LogP contribution in [-0.4, -0.2) is 17.3 Å². The summed E-state index contributed by atoms with van der Waals surface area (Å²) in [6, 6.07) is 26.6. The lowest BCUT2D eigenvalue weighted by atomic mass is 10.0. The van der Waals surface area contributed by atoms with Crippen molar-refractivity contribution in [3.05, 3.63) is 90.1 Å². The monoisotopic (exact) mass is 326 g/mol. The van der Waals surface area contributed by atoms with Crippen molar-refractivity contribution in [1.29, 1.82) is 0 Å². The molecular weight excluding hydrogens is 308 g/mol. The van der Waals surface area contributed by atoms with Crippen LogP contribution < -0.4 is 4.74 Å². The first kappa shape index (κ1) is 15.3. The molecule has 0 unspecified atom stereocenters. The molecule has 1 heterocycles. The van der Waals surface area contributed by atoms with E-state index in [-0.39, 0.29) is 0 Å². The Hall–Kier alpha value is -3.20. The predicted octanol–water partition coefficient (Wildman–Crippen LogP) is 4.90. The van der Waals surface area contributed by atoms with Gasteiger partial charge < -0.3 is 4.74 Å². The summed E-state index contributed by atoms with van der Waals surface area (Å²) in [5, 5.41) is 11.3. The molecule has 122 valence electrons. The van der Waals surface area contributed by atoms with Crippen LogP contribution in [0.3, 0.4) is 0 Å². The Kier molecular flexibility index (Phi) is 4.13. The van der Waals surface area contributed by atoms with Crippen molar-refractivity contribution in [3.8, 4) is 17.0 Å². The summed E-state index contributed by atoms with van der Waals surface area (Å²) in [4.78, 5) is 0. The third-order valence-electron chi connectivity index (χ3n) is 4.34. The van der Waals surface area contributed by atoms with Gasteiger partial charge in [0, 0.05) is 22.8 Å². The minimum Gasteiger partial charge on any atom is -0.497 e. The Morgan fingerprint density at radius 2 is 1.40 bits per heavy atom. The zero-order chi connectivity index (χ0) is 17.1. The number of rotatable bonds is 4. The smallest absolute Gasteiger partial charge is 0.118 e. The Balaban J connectivity index is 1.81. The highest BCUT2D eigenvalue weighted by atomic mass is 16.5. The third-order valence-corrected chi connectivity index (χ3v) is 4.34. The molecule has 0 saturated carbocycles. The van der Waals surface area contributed by atoms with E-state index in [2.05, 4.69) is 52.7 Å². The highest BCUT2D eigenvalue weighted by Crippen LogP contribution is 2.29. The van der Waals surface area contributed by atoms with E-state index in [4.69, 9.17) is 4.74 Å². The van der Waals surface area contributed by atoms with Crippen molar-refractivity contribution < 1.29 is 4.74 Å². The zero-order valence-electron chi connectivity index (χ0n) is 14.0. The lowest BCUT2D eigenvalue weighted by Gasteiger charge is -2.10. The SMILES string of the molecule is COc1ccc(-c2nnc(Cc3ccccc3)c3ccccc23)cc1. The molecule has 0 atom stereocenters. The number of nitrogens with zero attached hydrogens (tertiary/aromatic N) is 2. The summed E-state index contributed by atoms with van der Waals surface area (Å²) >= 11 is 0. The number of hydrogen-bond donors (Lipinski definition) is 0. The van der Waals surface area contributed by atoms with Gasteiger partial charge in [-0.15, -0.1) is 5.10 Å². The first-order valence-corrected chi connectivity index (χ1v) is 8.28. The minimum atomic E-state index is 0.775. The summed E-state index contributed by atoms with van der Waals surface area (Å²) < 4.78 is 5.24. The van der Waals surface area contributed by atoms with Crippen LogP contribution in [0.4, 0.5) is 0 Å². The molecule has 0 amide bonds. The molecule has 4 rings (SSSR count). The minimum absolute atomic E-state index is 0.775. The van der Waals surface area contributed by atoms with Gasteiger partial charge in [0.2, 0.25) is 0 Å². The first-order chi connectivity index (χ1) is 12.3. The maximum atomic E-state index is 5.24. The van der Waals surface area contributed by atoms with Gasteiger partial charge >= 0.3 is 0 Å². The van der Waals surface area contributed by atoms with Gasteiger partial charge in [-0.25, -0.2) is 0 Å². The van der Waals surface area contributed by atoms with Gasteiger partial charge in [0.25, 0.3) is 0 Å². The van der Waals surface area contributed by atoms with Crippen molar-refractivity contribution in [2.24, 2.45) is 0 Å². The molecule has 3 heteroatoms. The Morgan fingerprint density at radius 3 is 2.12 bits per heavy atom. The Labute approximate surface area is 146 Å². The molecule has 3 nitrogen and oxygen atoms in total. The second kappa shape index (κ2) is 6.73. The summed E-state index contributed by atoms with van der Waals surface area (Å²) in [5.41, 5.74) is 4.17. The number of benzene rings is 3. The van der Waals surface area contributed by atoms with Crippen LogP contribution in [0, 0.1) is 0 Å². The van der Waals surface area contributed by atoms with Crippen molar-refractivity contribution in [3.63, 3.8) is 0 Å². The molecule has 0 radical (unpaired) electrons. The van der Waals surface area contributed by atoms with Gasteiger partial charge in [0.05, 0.1) is 12.8 Å². The van der Waals surface area contributed by atoms with E-state index in [0.29, 0.717) is 0 Å². The molecule has 25 heavy (non-hydrogen) atoms. The fourth-order valence-corrected chi connectivity index (χ4v) is 3.04. The first-order valence-electron chi connectivity index (χ1n) is 8.28. The van der Waals surface area contributed by atoms with Gasteiger partial charge in [-0.3, -0.25) is 0 Å². The quantitative estimate of drug-likeness (QED) is 0.535. The molecule has 0 spiro atoms. The Morgan fingerprint density at radius 1 is 0.720 bits per heavy atom. The van der Waals surface area contributed by atoms with E-state index in [1.165, 1.54) is 5.56 Å². The second-order valence-electron chi connectivity index (χ2n) is 5.93. The van der Waals surface area contributed by atoms with Crippen LogP contribution in [0.25, 0.3) is 22.0 Å². The van der Waals surface area contributed by atoms with Crippen LogP contribution in [0.15, 0.2) is 78.9 Å². The summed E-state index contributed by atoms with van der Waals surface area (Å²) in [6.45, 7) is 0. The fraction of sp³-hybridized carbons (Fsp3) is 0.0909. The number of ether oxygens (including phenoxy) is 1. The number of fused-ring (bicyclic) bond motifs is 1. The van der Waals surface area contributed by atoms with Gasteiger partial charge in [-0.1, -0.05) is 54.6 Å². The van der Waals surface area contributed by atoms with Gasteiger partial charge in [-0.2, -0.15) is 5.10 Å². The average molecular weight is 326 g/mol. The fourth-order valence-electron chi connectivity index (χ4n) is 3.04. The van der Waals surface area contributed by atoms with Crippen molar-refractivity contribution >= 4 is 10.8 Å². The van der Waals surface area contributed by atoms with Crippen molar-refractivity contribution in [2.75, 3.05) is 7.11 Å². The van der Waals surface area contributed by atoms with Crippen LogP contribution in [0.2, 0.25) is 0 Å². The molecule has 0 saturated heterocycles. The van der Waals surface area contributed by atoms with Crippen LogP contribution in [0.5, 0.6) is 5.75 Å². The lowest BCUT2D eigenvalue weighted by Crippen LogP contribution is -1.99.